The Labute approximate surface area is 188 Å². The van der Waals surface area contributed by atoms with E-state index in [1.54, 1.807) is 25.1 Å². The van der Waals surface area contributed by atoms with Crippen molar-refractivity contribution < 1.29 is 18.7 Å². The first-order valence-electron chi connectivity index (χ1n) is 11.1. The monoisotopic (exact) mass is 443 g/mol. The van der Waals surface area contributed by atoms with E-state index in [1.165, 1.54) is 24.3 Å². The highest BCUT2D eigenvalue weighted by molar-refractivity contribution is 5.79. The third-order valence-corrected chi connectivity index (χ3v) is 7.06. The number of anilines is 1. The van der Waals surface area contributed by atoms with E-state index in [2.05, 4.69) is 9.80 Å². The average Bonchev–Trinajstić information content (AvgIpc) is 3.01. The molecule has 32 heavy (non-hydrogen) atoms. The van der Waals surface area contributed by atoms with E-state index in [-0.39, 0.29) is 29.3 Å². The highest BCUT2D eigenvalue weighted by atomic mass is 19.1. The molecule has 1 amide bonds. The number of hydrogen-bond acceptors (Lipinski definition) is 4. The molecule has 1 saturated heterocycles. The number of nitrogens with zero attached hydrogens (tertiary/aromatic N) is 3. The molecule has 0 aromatic heterocycles. The predicted octanol–water partition coefficient (Wildman–Crippen LogP) is 3.40. The van der Waals surface area contributed by atoms with Crippen LogP contribution in [0, 0.1) is 17.6 Å². The lowest BCUT2D eigenvalue weighted by molar-refractivity contribution is -0.133. The number of carbonyl (C=O) groups excluding carboxylic acids is 1. The van der Waals surface area contributed by atoms with Crippen molar-refractivity contribution in [1.29, 1.82) is 0 Å². The number of amides is 1. The SMILES string of the molecule is CN(C)C(=O)C(Cc1cc(O)ccc1F)CN1CCC2(CC1)CN(C)c1ccc(F)cc12. The third-order valence-electron chi connectivity index (χ3n) is 7.06. The summed E-state index contributed by atoms with van der Waals surface area (Å²) < 4.78 is 28.3. The van der Waals surface area contributed by atoms with Crippen LogP contribution < -0.4 is 4.90 Å². The molecule has 5 nitrogen and oxygen atoms in total. The van der Waals surface area contributed by atoms with Crippen LogP contribution in [-0.4, -0.2) is 68.1 Å². The van der Waals surface area contributed by atoms with Gasteiger partial charge in [0.1, 0.15) is 17.4 Å². The average molecular weight is 444 g/mol. The molecular formula is C25H31F2N3O2. The summed E-state index contributed by atoms with van der Waals surface area (Å²) in [5.41, 5.74) is 2.46. The Hall–Kier alpha value is -2.67. The molecule has 2 heterocycles. The second kappa shape index (κ2) is 8.70. The smallest absolute Gasteiger partial charge is 0.226 e. The van der Waals surface area contributed by atoms with Crippen molar-refractivity contribution in [2.45, 2.75) is 24.7 Å². The van der Waals surface area contributed by atoms with Crippen LogP contribution in [0.5, 0.6) is 5.75 Å². The lowest BCUT2D eigenvalue weighted by atomic mass is 9.74. The molecule has 0 bridgehead atoms. The molecule has 4 rings (SSSR count). The number of halogens is 2. The quantitative estimate of drug-likeness (QED) is 0.770. The van der Waals surface area contributed by atoms with Crippen molar-refractivity contribution >= 4 is 11.6 Å². The van der Waals surface area contributed by atoms with Gasteiger partial charge in [-0.1, -0.05) is 0 Å². The van der Waals surface area contributed by atoms with E-state index in [0.717, 1.165) is 43.7 Å². The Morgan fingerprint density at radius 2 is 1.88 bits per heavy atom. The first kappa shape index (κ1) is 22.5. The van der Waals surface area contributed by atoms with Crippen molar-refractivity contribution in [3.63, 3.8) is 0 Å². The number of rotatable bonds is 5. The number of likely N-dealkylation sites (tertiary alicyclic amines) is 1. The van der Waals surface area contributed by atoms with Crippen LogP contribution in [0.25, 0.3) is 0 Å². The fourth-order valence-electron chi connectivity index (χ4n) is 5.37. The second-order valence-electron chi connectivity index (χ2n) is 9.51. The van der Waals surface area contributed by atoms with Gasteiger partial charge in [-0.3, -0.25) is 4.79 Å². The normalized spacial score (nSPS) is 18.6. The van der Waals surface area contributed by atoms with Crippen LogP contribution >= 0.6 is 0 Å². The van der Waals surface area contributed by atoms with Gasteiger partial charge in [-0.05, 0) is 79.9 Å². The summed E-state index contributed by atoms with van der Waals surface area (Å²) in [5, 5.41) is 9.76. The van der Waals surface area contributed by atoms with Gasteiger partial charge in [0, 0.05) is 45.3 Å². The van der Waals surface area contributed by atoms with Gasteiger partial charge < -0.3 is 19.8 Å². The van der Waals surface area contributed by atoms with Gasteiger partial charge in [0.2, 0.25) is 5.91 Å². The fraction of sp³-hybridized carbons (Fsp3) is 0.480. The zero-order valence-electron chi connectivity index (χ0n) is 18.9. The Bertz CT molecular complexity index is 1000. The highest BCUT2D eigenvalue weighted by Gasteiger charge is 2.44. The number of hydrogen-bond donors (Lipinski definition) is 1. The van der Waals surface area contributed by atoms with E-state index in [1.807, 2.05) is 13.1 Å². The van der Waals surface area contributed by atoms with Crippen molar-refractivity contribution in [2.24, 2.45) is 5.92 Å². The molecule has 0 radical (unpaired) electrons. The molecule has 1 N–H and O–H groups in total. The van der Waals surface area contributed by atoms with Crippen molar-refractivity contribution in [1.82, 2.24) is 9.80 Å². The number of piperidine rings is 1. The molecule has 7 heteroatoms. The number of carbonyl (C=O) groups is 1. The predicted molar refractivity (Wildman–Crippen MR) is 121 cm³/mol. The Morgan fingerprint density at radius 1 is 1.16 bits per heavy atom. The minimum absolute atomic E-state index is 0.00591. The summed E-state index contributed by atoms with van der Waals surface area (Å²) in [6.45, 7) is 2.98. The van der Waals surface area contributed by atoms with Crippen LogP contribution in [0.1, 0.15) is 24.0 Å². The zero-order valence-corrected chi connectivity index (χ0v) is 18.9. The second-order valence-corrected chi connectivity index (χ2v) is 9.51. The lowest BCUT2D eigenvalue weighted by Crippen LogP contribution is -2.48. The summed E-state index contributed by atoms with van der Waals surface area (Å²) >= 11 is 0. The largest absolute Gasteiger partial charge is 0.508 e. The standard InChI is InChI=1S/C25H31F2N3O2/c1-28(2)24(32)18(12-17-13-20(31)5-6-22(17)27)15-30-10-8-25(9-11-30)16-29(3)23-7-4-19(26)14-21(23)25/h4-7,13-14,18,31H,8-12,15-16H2,1-3H3. The van der Waals surface area contributed by atoms with Crippen LogP contribution in [0.15, 0.2) is 36.4 Å². The van der Waals surface area contributed by atoms with Gasteiger partial charge in [-0.15, -0.1) is 0 Å². The summed E-state index contributed by atoms with van der Waals surface area (Å²) in [4.78, 5) is 18.9. The van der Waals surface area contributed by atoms with E-state index < -0.39 is 11.7 Å². The minimum atomic E-state index is -0.412. The minimum Gasteiger partial charge on any atom is -0.508 e. The van der Waals surface area contributed by atoms with Gasteiger partial charge in [0.15, 0.2) is 0 Å². The summed E-state index contributed by atoms with van der Waals surface area (Å²) in [6.07, 6.45) is 2.00. The molecule has 172 valence electrons. The molecule has 1 fully saturated rings. The number of phenolic OH excluding ortho intramolecular Hbond substituents is 1. The molecule has 1 unspecified atom stereocenters. The van der Waals surface area contributed by atoms with Gasteiger partial charge in [0.05, 0.1) is 5.92 Å². The molecule has 2 aromatic rings. The Kier molecular flexibility index (Phi) is 6.12. The fourth-order valence-corrected chi connectivity index (χ4v) is 5.37. The van der Waals surface area contributed by atoms with Crippen LogP contribution in [0.4, 0.5) is 14.5 Å². The Balaban J connectivity index is 1.48. The summed E-state index contributed by atoms with van der Waals surface area (Å²) in [7, 11) is 5.46. The molecule has 2 aromatic carbocycles. The van der Waals surface area contributed by atoms with E-state index in [9.17, 15) is 18.7 Å². The molecule has 1 spiro atoms. The number of likely N-dealkylation sites (N-methyl/N-ethyl adjacent to an activating group) is 1. The maximum atomic E-state index is 14.3. The topological polar surface area (TPSA) is 47.0 Å². The maximum Gasteiger partial charge on any atom is 0.226 e. The lowest BCUT2D eigenvalue weighted by Gasteiger charge is -2.41. The highest BCUT2D eigenvalue weighted by Crippen LogP contribution is 2.46. The third kappa shape index (κ3) is 4.31. The molecule has 0 aliphatic carbocycles. The van der Waals surface area contributed by atoms with Crippen LogP contribution in [-0.2, 0) is 16.6 Å². The number of benzene rings is 2. The molecule has 0 saturated carbocycles. The Morgan fingerprint density at radius 3 is 2.56 bits per heavy atom. The zero-order chi connectivity index (χ0) is 23.0. The van der Waals surface area contributed by atoms with Gasteiger partial charge in [0.25, 0.3) is 0 Å². The molecular weight excluding hydrogens is 412 g/mol. The van der Waals surface area contributed by atoms with Crippen molar-refractivity contribution in [3.8, 4) is 5.75 Å². The van der Waals surface area contributed by atoms with Crippen molar-refractivity contribution in [2.75, 3.05) is 52.2 Å². The van der Waals surface area contributed by atoms with E-state index in [4.69, 9.17) is 0 Å². The van der Waals surface area contributed by atoms with Gasteiger partial charge in [-0.2, -0.15) is 0 Å². The van der Waals surface area contributed by atoms with Gasteiger partial charge in [-0.25, -0.2) is 8.78 Å². The summed E-state index contributed by atoms with van der Waals surface area (Å²) in [6, 6.07) is 9.00. The van der Waals surface area contributed by atoms with E-state index in [0.29, 0.717) is 12.1 Å². The van der Waals surface area contributed by atoms with Gasteiger partial charge >= 0.3 is 0 Å². The molecule has 1 atom stereocenters. The number of aromatic hydroxyl groups is 1. The van der Waals surface area contributed by atoms with Crippen LogP contribution in [0.3, 0.4) is 0 Å². The molecule has 2 aliphatic heterocycles. The summed E-state index contributed by atoms with van der Waals surface area (Å²) in [5.74, 6) is -1.09. The van der Waals surface area contributed by atoms with E-state index >= 15 is 0 Å². The van der Waals surface area contributed by atoms with Crippen LogP contribution in [0.2, 0.25) is 0 Å². The first-order valence-corrected chi connectivity index (χ1v) is 11.1. The first-order chi connectivity index (χ1) is 15.2. The molecule has 2 aliphatic rings. The maximum absolute atomic E-state index is 14.3. The number of phenols is 1. The number of fused-ring (bicyclic) bond motifs is 2. The van der Waals surface area contributed by atoms with Crippen molar-refractivity contribution in [3.05, 3.63) is 59.2 Å².